The number of hydrogen-bond donors (Lipinski definition) is 1. The van der Waals surface area contributed by atoms with Gasteiger partial charge in [0.25, 0.3) is 5.91 Å². The van der Waals surface area contributed by atoms with E-state index in [1.807, 2.05) is 24.3 Å². The van der Waals surface area contributed by atoms with Gasteiger partial charge in [0.15, 0.2) is 5.76 Å². The smallest absolute Gasteiger partial charge is 0.308 e. The van der Waals surface area contributed by atoms with Crippen LogP contribution in [-0.4, -0.2) is 35.0 Å². The summed E-state index contributed by atoms with van der Waals surface area (Å²) in [5.41, 5.74) is 0.669. The van der Waals surface area contributed by atoms with Gasteiger partial charge in [0.1, 0.15) is 5.58 Å². The Hall–Kier alpha value is -2.30. The quantitative estimate of drug-likeness (QED) is 0.911. The molecule has 2 heterocycles. The molecule has 3 rings (SSSR count). The predicted octanol–water partition coefficient (Wildman–Crippen LogP) is 2.37. The van der Waals surface area contributed by atoms with Crippen LogP contribution in [0.4, 0.5) is 0 Å². The topological polar surface area (TPSA) is 70.8 Å². The zero-order valence-corrected chi connectivity index (χ0v) is 10.9. The molecule has 0 saturated carbocycles. The molecule has 0 bridgehead atoms. The fourth-order valence-electron chi connectivity index (χ4n) is 2.61. The summed E-state index contributed by atoms with van der Waals surface area (Å²) in [6.45, 7) is 0.838. The molecule has 5 heteroatoms. The summed E-state index contributed by atoms with van der Waals surface area (Å²) in [4.78, 5) is 25.0. The number of para-hydroxylation sites is 1. The van der Waals surface area contributed by atoms with Gasteiger partial charge in [-0.3, -0.25) is 9.59 Å². The van der Waals surface area contributed by atoms with Gasteiger partial charge in [-0.2, -0.15) is 0 Å². The highest BCUT2D eigenvalue weighted by molar-refractivity contribution is 5.96. The summed E-state index contributed by atoms with van der Waals surface area (Å²) < 4.78 is 5.54. The Morgan fingerprint density at radius 2 is 2.10 bits per heavy atom. The number of fused-ring (bicyclic) bond motifs is 1. The minimum absolute atomic E-state index is 0.229. The van der Waals surface area contributed by atoms with Gasteiger partial charge in [-0.05, 0) is 25.0 Å². The molecule has 1 fully saturated rings. The number of carboxylic acid groups (broad SMARTS) is 1. The third-order valence-electron chi connectivity index (χ3n) is 3.69. The fraction of sp³-hybridized carbons (Fsp3) is 0.333. The molecular formula is C15H15NO4. The summed E-state index contributed by atoms with van der Waals surface area (Å²) in [5, 5.41) is 9.94. The lowest BCUT2D eigenvalue weighted by Gasteiger charge is -2.29. The van der Waals surface area contributed by atoms with Gasteiger partial charge < -0.3 is 14.4 Å². The van der Waals surface area contributed by atoms with Gasteiger partial charge in [0.05, 0.1) is 5.92 Å². The Balaban J connectivity index is 1.82. The van der Waals surface area contributed by atoms with Crippen LogP contribution in [0.25, 0.3) is 11.0 Å². The molecule has 1 aliphatic heterocycles. The number of carboxylic acids is 1. The Labute approximate surface area is 115 Å². The highest BCUT2D eigenvalue weighted by Gasteiger charge is 2.29. The Bertz CT molecular complexity index is 628. The van der Waals surface area contributed by atoms with Gasteiger partial charge in [0.2, 0.25) is 0 Å². The predicted molar refractivity (Wildman–Crippen MR) is 72.5 cm³/mol. The number of aliphatic carboxylic acids is 1. The first kappa shape index (κ1) is 12.7. The van der Waals surface area contributed by atoms with Crippen molar-refractivity contribution in [2.75, 3.05) is 13.1 Å². The average Bonchev–Trinajstić information content (AvgIpc) is 2.90. The zero-order chi connectivity index (χ0) is 14.1. The number of carbonyl (C=O) groups is 2. The van der Waals surface area contributed by atoms with Gasteiger partial charge in [-0.15, -0.1) is 0 Å². The molecule has 2 aromatic rings. The lowest BCUT2D eigenvalue weighted by Crippen LogP contribution is -2.42. The van der Waals surface area contributed by atoms with Crippen LogP contribution in [0, 0.1) is 5.92 Å². The van der Waals surface area contributed by atoms with Crippen molar-refractivity contribution in [2.45, 2.75) is 12.8 Å². The van der Waals surface area contributed by atoms with Crippen molar-refractivity contribution in [3.05, 3.63) is 36.1 Å². The largest absolute Gasteiger partial charge is 0.481 e. The SMILES string of the molecule is O=C(O)[C@@H]1CCCN(C(=O)c2cc3ccccc3o2)C1. The van der Waals surface area contributed by atoms with Crippen LogP contribution < -0.4 is 0 Å². The fourth-order valence-corrected chi connectivity index (χ4v) is 2.61. The Kier molecular flexibility index (Phi) is 3.18. The molecule has 1 amide bonds. The van der Waals surface area contributed by atoms with Crippen molar-refractivity contribution < 1.29 is 19.1 Å². The molecule has 1 N–H and O–H groups in total. The lowest BCUT2D eigenvalue weighted by atomic mass is 9.98. The molecule has 0 radical (unpaired) electrons. The molecule has 1 atom stereocenters. The summed E-state index contributed by atoms with van der Waals surface area (Å²) >= 11 is 0. The third-order valence-corrected chi connectivity index (χ3v) is 3.69. The van der Waals surface area contributed by atoms with Crippen LogP contribution >= 0.6 is 0 Å². The molecule has 1 aromatic heterocycles. The number of hydrogen-bond acceptors (Lipinski definition) is 3. The molecule has 5 nitrogen and oxygen atoms in total. The van der Waals surface area contributed by atoms with E-state index in [1.165, 1.54) is 0 Å². The molecule has 0 spiro atoms. The molecule has 1 aromatic carbocycles. The number of furan rings is 1. The summed E-state index contributed by atoms with van der Waals surface area (Å²) in [5.74, 6) is -1.27. The second kappa shape index (κ2) is 5.00. The van der Waals surface area contributed by atoms with Gasteiger partial charge >= 0.3 is 5.97 Å². The minimum atomic E-state index is -0.841. The number of piperidine rings is 1. The number of carbonyl (C=O) groups excluding carboxylic acids is 1. The first-order valence-corrected chi connectivity index (χ1v) is 6.66. The maximum absolute atomic E-state index is 12.4. The molecule has 20 heavy (non-hydrogen) atoms. The zero-order valence-electron chi connectivity index (χ0n) is 10.9. The van der Waals surface area contributed by atoms with E-state index in [1.54, 1.807) is 11.0 Å². The molecule has 0 unspecified atom stereocenters. The maximum Gasteiger partial charge on any atom is 0.308 e. The first-order chi connectivity index (χ1) is 9.65. The number of nitrogens with zero attached hydrogens (tertiary/aromatic N) is 1. The van der Waals surface area contributed by atoms with Crippen LogP contribution in [0.3, 0.4) is 0 Å². The third kappa shape index (κ3) is 2.27. The normalized spacial score (nSPS) is 19.2. The van der Waals surface area contributed by atoms with Crippen molar-refractivity contribution in [3.8, 4) is 0 Å². The summed E-state index contributed by atoms with van der Waals surface area (Å²) in [6.07, 6.45) is 1.34. The van der Waals surface area contributed by atoms with E-state index in [0.29, 0.717) is 25.0 Å². The van der Waals surface area contributed by atoms with Gasteiger partial charge in [-0.1, -0.05) is 18.2 Å². The average molecular weight is 273 g/mol. The van der Waals surface area contributed by atoms with Crippen molar-refractivity contribution in [2.24, 2.45) is 5.92 Å². The Morgan fingerprint density at radius 1 is 1.30 bits per heavy atom. The highest BCUT2D eigenvalue weighted by atomic mass is 16.4. The van der Waals surface area contributed by atoms with Crippen molar-refractivity contribution >= 4 is 22.8 Å². The van der Waals surface area contributed by atoms with E-state index in [4.69, 9.17) is 9.52 Å². The van der Waals surface area contributed by atoms with Crippen LogP contribution in [0.2, 0.25) is 0 Å². The van der Waals surface area contributed by atoms with Crippen LogP contribution in [0.15, 0.2) is 34.7 Å². The maximum atomic E-state index is 12.4. The lowest BCUT2D eigenvalue weighted by molar-refractivity contribution is -0.143. The number of amides is 1. The van der Waals surface area contributed by atoms with Gasteiger partial charge in [0, 0.05) is 18.5 Å². The number of likely N-dealkylation sites (tertiary alicyclic amines) is 1. The van der Waals surface area contributed by atoms with Crippen molar-refractivity contribution in [3.63, 3.8) is 0 Å². The van der Waals surface area contributed by atoms with Crippen LogP contribution in [0.5, 0.6) is 0 Å². The second-order valence-electron chi connectivity index (χ2n) is 5.08. The Morgan fingerprint density at radius 3 is 2.85 bits per heavy atom. The van der Waals surface area contributed by atoms with Crippen LogP contribution in [-0.2, 0) is 4.79 Å². The summed E-state index contributed by atoms with van der Waals surface area (Å²) in [6, 6.07) is 9.13. The highest BCUT2D eigenvalue weighted by Crippen LogP contribution is 2.23. The van der Waals surface area contributed by atoms with E-state index >= 15 is 0 Å². The number of rotatable bonds is 2. The second-order valence-corrected chi connectivity index (χ2v) is 5.08. The molecular weight excluding hydrogens is 258 g/mol. The summed E-state index contributed by atoms with van der Waals surface area (Å²) in [7, 11) is 0. The number of benzene rings is 1. The standard InChI is InChI=1S/C15H15NO4/c17-14(16-7-3-5-11(9-16)15(18)19)13-8-10-4-1-2-6-12(10)20-13/h1-2,4,6,8,11H,3,5,7,9H2,(H,18,19)/t11-/m1/s1. The van der Waals surface area contributed by atoms with Crippen molar-refractivity contribution in [1.29, 1.82) is 0 Å². The minimum Gasteiger partial charge on any atom is -0.481 e. The van der Waals surface area contributed by atoms with Crippen LogP contribution in [0.1, 0.15) is 23.4 Å². The molecule has 0 aliphatic carbocycles. The molecule has 1 aliphatic rings. The first-order valence-electron chi connectivity index (χ1n) is 6.66. The molecule has 104 valence electrons. The van der Waals surface area contributed by atoms with E-state index in [9.17, 15) is 9.59 Å². The molecule has 1 saturated heterocycles. The van der Waals surface area contributed by atoms with Gasteiger partial charge in [-0.25, -0.2) is 0 Å². The van der Waals surface area contributed by atoms with E-state index in [0.717, 1.165) is 5.39 Å². The van der Waals surface area contributed by atoms with Crippen molar-refractivity contribution in [1.82, 2.24) is 4.90 Å². The van der Waals surface area contributed by atoms with E-state index in [-0.39, 0.29) is 18.2 Å². The van der Waals surface area contributed by atoms with E-state index < -0.39 is 11.9 Å². The monoisotopic (exact) mass is 273 g/mol. The van der Waals surface area contributed by atoms with E-state index in [2.05, 4.69) is 0 Å².